The minimum Gasteiger partial charge on any atom is -0.495 e. The van der Waals surface area contributed by atoms with Crippen LogP contribution < -0.4 is 4.74 Å². The van der Waals surface area contributed by atoms with Gasteiger partial charge in [0.25, 0.3) is 0 Å². The van der Waals surface area contributed by atoms with Crippen LogP contribution in [0.2, 0.25) is 5.02 Å². The van der Waals surface area contributed by atoms with Crippen LogP contribution in [0.3, 0.4) is 0 Å². The van der Waals surface area contributed by atoms with Crippen LogP contribution in [0.1, 0.15) is 36.0 Å². The molecule has 1 aromatic rings. The van der Waals surface area contributed by atoms with Crippen LogP contribution in [0.5, 0.6) is 5.75 Å². The quantitative estimate of drug-likeness (QED) is 0.787. The Labute approximate surface area is 130 Å². The number of likely N-dealkylation sites (tertiary alicyclic amines) is 1. The second-order valence-electron chi connectivity index (χ2n) is 5.40. The molecule has 21 heavy (non-hydrogen) atoms. The summed E-state index contributed by atoms with van der Waals surface area (Å²) in [4.78, 5) is 14.6. The van der Waals surface area contributed by atoms with Crippen LogP contribution in [0.15, 0.2) is 18.2 Å². The Balaban J connectivity index is 1.98. The highest BCUT2D eigenvalue weighted by Crippen LogP contribution is 2.26. The molecule has 5 heteroatoms. The van der Waals surface area contributed by atoms with Crippen molar-refractivity contribution in [3.05, 3.63) is 28.8 Å². The fourth-order valence-corrected chi connectivity index (χ4v) is 3.13. The number of hydrogen-bond acceptors (Lipinski definition) is 4. The van der Waals surface area contributed by atoms with Crippen LogP contribution in [-0.2, 0) is 0 Å². The van der Waals surface area contributed by atoms with Crippen molar-refractivity contribution < 1.29 is 14.6 Å². The molecule has 0 radical (unpaired) electrons. The van der Waals surface area contributed by atoms with Crippen molar-refractivity contribution in [2.45, 2.75) is 31.7 Å². The molecule has 1 aliphatic heterocycles. The number of benzene rings is 1. The van der Waals surface area contributed by atoms with Gasteiger partial charge in [-0.1, -0.05) is 11.6 Å². The van der Waals surface area contributed by atoms with Crippen molar-refractivity contribution in [1.29, 1.82) is 0 Å². The van der Waals surface area contributed by atoms with Gasteiger partial charge in [0.2, 0.25) is 0 Å². The summed E-state index contributed by atoms with van der Waals surface area (Å²) in [5.74, 6) is 0.658. The summed E-state index contributed by atoms with van der Waals surface area (Å²) in [6.07, 6.45) is 3.97. The molecule has 0 spiro atoms. The number of hydrogen-bond donors (Lipinski definition) is 1. The molecule has 0 saturated carbocycles. The summed E-state index contributed by atoms with van der Waals surface area (Å²) in [5.41, 5.74) is 0.619. The molecule has 1 aromatic carbocycles. The highest BCUT2D eigenvalue weighted by Gasteiger charge is 2.26. The van der Waals surface area contributed by atoms with Gasteiger partial charge in [0.15, 0.2) is 5.78 Å². The van der Waals surface area contributed by atoms with E-state index >= 15 is 0 Å². The molecule has 0 aliphatic carbocycles. The molecule has 1 unspecified atom stereocenters. The van der Waals surface area contributed by atoms with E-state index in [4.69, 9.17) is 21.4 Å². The first kappa shape index (κ1) is 16.3. The van der Waals surface area contributed by atoms with Gasteiger partial charge in [0, 0.05) is 18.2 Å². The van der Waals surface area contributed by atoms with Crippen molar-refractivity contribution in [2.24, 2.45) is 0 Å². The maximum atomic E-state index is 12.4. The number of Topliss-reactive ketones (excluding diaryl/α,β-unsaturated/α-hetero) is 1. The molecule has 1 heterocycles. The van der Waals surface area contributed by atoms with E-state index in [1.54, 1.807) is 25.3 Å². The second kappa shape index (κ2) is 7.78. The molecular weight excluding hydrogens is 290 g/mol. The Kier molecular flexibility index (Phi) is 6.03. The molecule has 116 valence electrons. The molecule has 1 N–H and O–H groups in total. The summed E-state index contributed by atoms with van der Waals surface area (Å²) in [7, 11) is 1.55. The Bertz CT molecular complexity index is 492. The first-order chi connectivity index (χ1) is 10.2. The van der Waals surface area contributed by atoms with Gasteiger partial charge in [0.1, 0.15) is 5.75 Å². The lowest BCUT2D eigenvalue weighted by molar-refractivity contribution is 0.0915. The van der Waals surface area contributed by atoms with Crippen LogP contribution >= 0.6 is 11.6 Å². The summed E-state index contributed by atoms with van der Waals surface area (Å²) in [6.45, 7) is 1.58. The topological polar surface area (TPSA) is 49.8 Å². The van der Waals surface area contributed by atoms with Gasteiger partial charge in [-0.05, 0) is 50.4 Å². The van der Waals surface area contributed by atoms with E-state index < -0.39 is 0 Å². The molecule has 4 nitrogen and oxygen atoms in total. The van der Waals surface area contributed by atoms with Crippen LogP contribution in [0.4, 0.5) is 0 Å². The van der Waals surface area contributed by atoms with E-state index in [0.717, 1.165) is 32.2 Å². The fraction of sp³-hybridized carbons (Fsp3) is 0.562. The smallest absolute Gasteiger partial charge is 0.176 e. The lowest BCUT2D eigenvalue weighted by Gasteiger charge is -2.23. The van der Waals surface area contributed by atoms with E-state index in [1.807, 2.05) is 0 Å². The van der Waals surface area contributed by atoms with E-state index in [1.165, 1.54) is 0 Å². The van der Waals surface area contributed by atoms with E-state index in [2.05, 4.69) is 4.90 Å². The van der Waals surface area contributed by atoms with E-state index in [-0.39, 0.29) is 12.4 Å². The number of aliphatic hydroxyl groups is 1. The minimum atomic E-state index is 0.0791. The number of carbonyl (C=O) groups excluding carboxylic acids is 1. The monoisotopic (exact) mass is 311 g/mol. The first-order valence-corrected chi connectivity index (χ1v) is 7.75. The lowest BCUT2D eigenvalue weighted by Crippen LogP contribution is -2.34. The average Bonchev–Trinajstić information content (AvgIpc) is 2.92. The van der Waals surface area contributed by atoms with Gasteiger partial charge >= 0.3 is 0 Å². The SMILES string of the molecule is COc1ccc(C(=O)CN2CCCC2CCCO)cc1Cl. The molecule has 0 bridgehead atoms. The van der Waals surface area contributed by atoms with Gasteiger partial charge in [-0.15, -0.1) is 0 Å². The molecule has 1 aliphatic rings. The average molecular weight is 312 g/mol. The van der Waals surface area contributed by atoms with Crippen molar-refractivity contribution in [2.75, 3.05) is 26.8 Å². The number of aliphatic hydroxyl groups excluding tert-OH is 1. The molecule has 1 atom stereocenters. The number of ketones is 1. The zero-order chi connectivity index (χ0) is 15.2. The lowest BCUT2D eigenvalue weighted by atomic mass is 10.1. The predicted molar refractivity (Wildman–Crippen MR) is 83.2 cm³/mol. The van der Waals surface area contributed by atoms with Gasteiger partial charge in [-0.2, -0.15) is 0 Å². The highest BCUT2D eigenvalue weighted by molar-refractivity contribution is 6.32. The molecule has 1 saturated heterocycles. The number of rotatable bonds is 7. The standard InChI is InChI=1S/C16H22ClNO3/c1-21-16-7-6-12(10-14(16)17)15(20)11-18-8-2-4-13(18)5-3-9-19/h6-7,10,13,19H,2-5,8-9,11H2,1H3. The zero-order valence-corrected chi connectivity index (χ0v) is 13.1. The Morgan fingerprint density at radius 2 is 2.33 bits per heavy atom. The number of methoxy groups -OCH3 is 1. The zero-order valence-electron chi connectivity index (χ0n) is 12.3. The Morgan fingerprint density at radius 1 is 1.52 bits per heavy atom. The Hall–Kier alpha value is -1.10. The minimum absolute atomic E-state index is 0.0791. The van der Waals surface area contributed by atoms with Crippen molar-refractivity contribution in [3.8, 4) is 5.75 Å². The Morgan fingerprint density at radius 3 is 3.00 bits per heavy atom. The summed E-state index contributed by atoms with van der Waals surface area (Å²) < 4.78 is 5.10. The molecule has 0 amide bonds. The number of halogens is 1. The third-order valence-electron chi connectivity index (χ3n) is 4.02. The van der Waals surface area contributed by atoms with E-state index in [0.29, 0.717) is 28.9 Å². The molecular formula is C16H22ClNO3. The van der Waals surface area contributed by atoms with Crippen LogP contribution in [-0.4, -0.2) is 48.6 Å². The maximum Gasteiger partial charge on any atom is 0.176 e. The van der Waals surface area contributed by atoms with Crippen LogP contribution in [0, 0.1) is 0 Å². The first-order valence-electron chi connectivity index (χ1n) is 7.37. The van der Waals surface area contributed by atoms with Crippen molar-refractivity contribution in [3.63, 3.8) is 0 Å². The van der Waals surface area contributed by atoms with Crippen molar-refractivity contribution in [1.82, 2.24) is 4.90 Å². The fourth-order valence-electron chi connectivity index (χ4n) is 2.87. The predicted octanol–water partition coefficient (Wildman–Crippen LogP) is 2.77. The second-order valence-corrected chi connectivity index (χ2v) is 5.81. The molecule has 0 aromatic heterocycles. The normalized spacial score (nSPS) is 18.9. The third-order valence-corrected chi connectivity index (χ3v) is 4.31. The third kappa shape index (κ3) is 4.19. The summed E-state index contributed by atoms with van der Waals surface area (Å²) >= 11 is 6.07. The maximum absolute atomic E-state index is 12.4. The number of ether oxygens (including phenoxy) is 1. The summed E-state index contributed by atoms with van der Waals surface area (Å²) in [6, 6.07) is 5.56. The van der Waals surface area contributed by atoms with Crippen LogP contribution in [0.25, 0.3) is 0 Å². The highest BCUT2D eigenvalue weighted by atomic mass is 35.5. The van der Waals surface area contributed by atoms with Gasteiger partial charge < -0.3 is 9.84 Å². The number of nitrogens with zero attached hydrogens (tertiary/aromatic N) is 1. The van der Waals surface area contributed by atoms with E-state index in [9.17, 15) is 4.79 Å². The van der Waals surface area contributed by atoms with Gasteiger partial charge in [0.05, 0.1) is 18.7 Å². The van der Waals surface area contributed by atoms with Crippen molar-refractivity contribution >= 4 is 17.4 Å². The summed E-state index contributed by atoms with van der Waals surface area (Å²) in [5, 5.41) is 9.40. The van der Waals surface area contributed by atoms with Gasteiger partial charge in [-0.25, -0.2) is 0 Å². The number of carbonyl (C=O) groups is 1. The molecule has 1 fully saturated rings. The largest absolute Gasteiger partial charge is 0.495 e. The molecule has 2 rings (SSSR count). The van der Waals surface area contributed by atoms with Gasteiger partial charge in [-0.3, -0.25) is 9.69 Å².